The molecule has 2 atom stereocenters. The van der Waals surface area contributed by atoms with Crippen molar-refractivity contribution in [3.8, 4) is 0 Å². The van der Waals surface area contributed by atoms with Crippen molar-refractivity contribution in [3.63, 3.8) is 0 Å². The largest absolute Gasteiger partial charge is 0.372 e. The van der Waals surface area contributed by atoms with Crippen LogP contribution in [-0.4, -0.2) is 41.8 Å². The van der Waals surface area contributed by atoms with Gasteiger partial charge in [0.05, 0.1) is 0 Å². The maximum absolute atomic E-state index is 12.6. The highest BCUT2D eigenvalue weighted by Gasteiger charge is 2.39. The molecule has 0 spiro atoms. The van der Waals surface area contributed by atoms with E-state index in [-0.39, 0.29) is 30.5 Å². The highest BCUT2D eigenvalue weighted by molar-refractivity contribution is 6.05. The Morgan fingerprint density at radius 2 is 2.09 bits per heavy atom. The molecule has 0 saturated carbocycles. The number of hydrogen-bond donors (Lipinski definition) is 1. The number of amides is 3. The molecule has 2 saturated heterocycles. The number of nitrogens with zero attached hydrogens (tertiary/aromatic N) is 2. The Hall–Kier alpha value is -2.37. The first-order valence-electron chi connectivity index (χ1n) is 8.55. The fourth-order valence-corrected chi connectivity index (χ4v) is 3.58. The lowest BCUT2D eigenvalue weighted by Crippen LogP contribution is -2.52. The van der Waals surface area contributed by atoms with Gasteiger partial charge in [-0.25, -0.2) is 0 Å². The first kappa shape index (κ1) is 13.1. The third kappa shape index (κ3) is 2.38. The van der Waals surface area contributed by atoms with E-state index in [1.165, 1.54) is 0 Å². The van der Waals surface area contributed by atoms with Crippen LogP contribution in [0.5, 0.6) is 0 Å². The third-order valence-electron chi connectivity index (χ3n) is 4.82. The monoisotopic (exact) mass is 314 g/mol. The van der Waals surface area contributed by atoms with Gasteiger partial charge in [-0.1, -0.05) is 0 Å². The molecular formula is C17H19N3O3. The molecular weight excluding hydrogens is 294 g/mol. The number of rotatable bonds is 2. The number of anilines is 1. The lowest BCUT2D eigenvalue weighted by atomic mass is 10.0. The van der Waals surface area contributed by atoms with Gasteiger partial charge in [0.2, 0.25) is 11.8 Å². The number of nitrogens with one attached hydrogen (secondary N) is 1. The second-order valence-corrected chi connectivity index (χ2v) is 6.26. The topological polar surface area (TPSA) is 69.7 Å². The normalized spacial score (nSPS) is 28.0. The standard InChI is InChI=1S/C17H19N3O3/c21-15-6-5-14(16(22)18-15)20-10-11-9-12(19-7-1-2-8-19)3-4-13(11)17(20)23/h3-4,9,14H,1-2,5-8,10H2,(H,18,21,22)/i1D. The molecule has 1 aromatic rings. The second-order valence-electron chi connectivity index (χ2n) is 6.26. The number of piperidine rings is 1. The van der Waals surface area contributed by atoms with Crippen molar-refractivity contribution in [2.24, 2.45) is 0 Å². The minimum Gasteiger partial charge on any atom is -0.372 e. The lowest BCUT2D eigenvalue weighted by molar-refractivity contribution is -0.136. The Balaban J connectivity index is 1.56. The minimum absolute atomic E-state index is 0.0557. The smallest absolute Gasteiger partial charge is 0.255 e. The molecule has 23 heavy (non-hydrogen) atoms. The summed E-state index contributed by atoms with van der Waals surface area (Å²) in [6, 6.07) is 5.16. The van der Waals surface area contributed by atoms with Gasteiger partial charge in [0.1, 0.15) is 6.04 Å². The van der Waals surface area contributed by atoms with Gasteiger partial charge in [-0.15, -0.1) is 0 Å². The average molecular weight is 314 g/mol. The number of fused-ring (bicyclic) bond motifs is 1. The zero-order chi connectivity index (χ0) is 16.8. The molecule has 6 heteroatoms. The number of hydrogen-bond acceptors (Lipinski definition) is 4. The van der Waals surface area contributed by atoms with E-state index < -0.39 is 6.04 Å². The highest BCUT2D eigenvalue weighted by atomic mass is 16.2. The molecule has 3 aliphatic rings. The van der Waals surface area contributed by atoms with E-state index in [1.54, 1.807) is 4.90 Å². The van der Waals surface area contributed by atoms with E-state index in [0.29, 0.717) is 25.1 Å². The van der Waals surface area contributed by atoms with E-state index >= 15 is 0 Å². The molecule has 3 heterocycles. The lowest BCUT2D eigenvalue weighted by Gasteiger charge is -2.29. The van der Waals surface area contributed by atoms with Crippen LogP contribution in [0.4, 0.5) is 5.69 Å². The van der Waals surface area contributed by atoms with Gasteiger partial charge in [0.15, 0.2) is 0 Å². The fourth-order valence-electron chi connectivity index (χ4n) is 3.58. The van der Waals surface area contributed by atoms with E-state index in [2.05, 4.69) is 10.2 Å². The third-order valence-corrected chi connectivity index (χ3v) is 4.82. The average Bonchev–Trinajstić information content (AvgIpc) is 3.11. The van der Waals surface area contributed by atoms with E-state index in [4.69, 9.17) is 1.37 Å². The molecule has 3 amide bonds. The quantitative estimate of drug-likeness (QED) is 0.828. The molecule has 6 nitrogen and oxygen atoms in total. The van der Waals surface area contributed by atoms with Crippen molar-refractivity contribution in [3.05, 3.63) is 29.3 Å². The number of carbonyl (C=O) groups excluding carboxylic acids is 3. The molecule has 0 bridgehead atoms. The van der Waals surface area contributed by atoms with Gasteiger partial charge in [-0.3, -0.25) is 19.7 Å². The van der Waals surface area contributed by atoms with Gasteiger partial charge in [0.25, 0.3) is 5.91 Å². The highest BCUT2D eigenvalue weighted by Crippen LogP contribution is 2.31. The minimum atomic E-state index is -0.574. The Morgan fingerprint density at radius 1 is 1.22 bits per heavy atom. The Kier molecular flexibility index (Phi) is 3.06. The molecule has 2 unspecified atom stereocenters. The van der Waals surface area contributed by atoms with Crippen LogP contribution >= 0.6 is 0 Å². The van der Waals surface area contributed by atoms with Crippen LogP contribution in [-0.2, 0) is 16.1 Å². The molecule has 1 aromatic carbocycles. The molecule has 0 radical (unpaired) electrons. The van der Waals surface area contributed by atoms with Crippen LogP contribution in [0.2, 0.25) is 0 Å². The van der Waals surface area contributed by atoms with E-state index in [0.717, 1.165) is 24.2 Å². The zero-order valence-electron chi connectivity index (χ0n) is 13.7. The Labute approximate surface area is 135 Å². The van der Waals surface area contributed by atoms with Crippen LogP contribution in [0, 0.1) is 0 Å². The van der Waals surface area contributed by atoms with Gasteiger partial charge in [0, 0.05) is 38.7 Å². The summed E-state index contributed by atoms with van der Waals surface area (Å²) in [4.78, 5) is 39.7. The summed E-state index contributed by atoms with van der Waals surface area (Å²) < 4.78 is 7.83. The maximum atomic E-state index is 12.6. The predicted octanol–water partition coefficient (Wildman–Crippen LogP) is 1.05. The first-order valence-corrected chi connectivity index (χ1v) is 7.98. The molecule has 0 aromatic heterocycles. The van der Waals surface area contributed by atoms with Crippen LogP contribution in [0.15, 0.2) is 18.2 Å². The molecule has 2 fully saturated rings. The van der Waals surface area contributed by atoms with E-state index in [1.807, 2.05) is 18.2 Å². The van der Waals surface area contributed by atoms with E-state index in [9.17, 15) is 14.4 Å². The molecule has 0 aliphatic carbocycles. The zero-order valence-corrected chi connectivity index (χ0v) is 12.7. The SMILES string of the molecule is [2H]C1CCN(c2ccc3c(c2)CN(C2CCC(=O)NC2=O)C3=O)C1. The summed E-state index contributed by atoms with van der Waals surface area (Å²) in [6.07, 6.45) is 1.45. The number of benzene rings is 1. The summed E-state index contributed by atoms with van der Waals surface area (Å²) in [5.41, 5.74) is 2.57. The van der Waals surface area contributed by atoms with Crippen molar-refractivity contribution in [1.82, 2.24) is 10.2 Å². The van der Waals surface area contributed by atoms with Gasteiger partial charge >= 0.3 is 0 Å². The van der Waals surface area contributed by atoms with Gasteiger partial charge in [-0.2, -0.15) is 0 Å². The van der Waals surface area contributed by atoms with Crippen molar-refractivity contribution < 1.29 is 15.8 Å². The number of imide groups is 1. The Morgan fingerprint density at radius 3 is 2.83 bits per heavy atom. The fraction of sp³-hybridized carbons (Fsp3) is 0.471. The van der Waals surface area contributed by atoms with Gasteiger partial charge in [-0.05, 0) is 43.0 Å². The summed E-state index contributed by atoms with van der Waals surface area (Å²) in [7, 11) is 0. The van der Waals surface area contributed by atoms with Crippen molar-refractivity contribution >= 4 is 23.4 Å². The summed E-state index contributed by atoms with van der Waals surface area (Å²) in [6.45, 7) is 1.97. The molecule has 1 N–H and O–H groups in total. The molecule has 120 valence electrons. The van der Waals surface area contributed by atoms with Crippen LogP contribution < -0.4 is 10.2 Å². The van der Waals surface area contributed by atoms with Crippen molar-refractivity contribution in [2.45, 2.75) is 38.2 Å². The summed E-state index contributed by atoms with van der Waals surface area (Å²) >= 11 is 0. The van der Waals surface area contributed by atoms with Crippen molar-refractivity contribution in [1.29, 1.82) is 0 Å². The summed E-state index contributed by atoms with van der Waals surface area (Å²) in [5, 5.41) is 2.31. The molecule has 3 aliphatic heterocycles. The van der Waals surface area contributed by atoms with Crippen LogP contribution in [0.25, 0.3) is 0 Å². The van der Waals surface area contributed by atoms with Gasteiger partial charge < -0.3 is 9.80 Å². The van der Waals surface area contributed by atoms with Crippen LogP contribution in [0.3, 0.4) is 0 Å². The summed E-state index contributed by atoms with van der Waals surface area (Å²) in [5.74, 6) is -0.809. The van der Waals surface area contributed by atoms with Crippen LogP contribution in [0.1, 0.15) is 43.0 Å². The number of carbonyl (C=O) groups is 3. The molecule has 4 rings (SSSR count). The maximum Gasteiger partial charge on any atom is 0.255 e. The first-order chi connectivity index (χ1) is 11.5. The predicted molar refractivity (Wildman–Crippen MR) is 83.9 cm³/mol. The second kappa shape index (κ2) is 5.37. The van der Waals surface area contributed by atoms with Crippen molar-refractivity contribution in [2.75, 3.05) is 18.0 Å². The Bertz CT molecular complexity index is 736.